The highest BCUT2D eigenvalue weighted by molar-refractivity contribution is 7.18. The summed E-state index contributed by atoms with van der Waals surface area (Å²) in [5.41, 5.74) is 4.28. The monoisotopic (exact) mass is 296 g/mol. The molecule has 0 aliphatic carbocycles. The molecule has 0 amide bonds. The molecule has 2 heterocycles. The first-order valence-electron chi connectivity index (χ1n) is 6.00. The van der Waals surface area contributed by atoms with Crippen LogP contribution in [-0.4, -0.2) is 41.5 Å². The molecule has 0 bridgehead atoms. The van der Waals surface area contributed by atoms with Gasteiger partial charge in [0, 0.05) is 23.7 Å². The summed E-state index contributed by atoms with van der Waals surface area (Å²) in [4.78, 5) is 0. The molecule has 100 valence electrons. The molecule has 5 nitrogen and oxygen atoms in total. The van der Waals surface area contributed by atoms with Crippen molar-refractivity contribution in [2.24, 2.45) is 0 Å². The molecule has 1 fully saturated rings. The zero-order valence-electron chi connectivity index (χ0n) is 10.2. The summed E-state index contributed by atoms with van der Waals surface area (Å²) in [6.07, 6.45) is 0. The predicted octanol–water partition coefficient (Wildman–Crippen LogP) is 2.52. The van der Waals surface area contributed by atoms with Gasteiger partial charge in [-0.15, -0.1) is 10.2 Å². The Kier molecular flexibility index (Phi) is 3.93. The minimum Gasteiger partial charge on any atom is -0.379 e. The lowest BCUT2D eigenvalue weighted by Crippen LogP contribution is -2.40. The number of aromatic nitrogens is 2. The Hall–Kier alpha value is -1.21. The molecular formula is C12H13ClN4OS. The van der Waals surface area contributed by atoms with Crippen molar-refractivity contribution in [1.29, 1.82) is 0 Å². The normalized spacial score (nSPS) is 16.5. The van der Waals surface area contributed by atoms with E-state index in [4.69, 9.17) is 16.3 Å². The summed E-state index contributed by atoms with van der Waals surface area (Å²) in [7, 11) is 0. The molecule has 19 heavy (non-hydrogen) atoms. The van der Waals surface area contributed by atoms with Gasteiger partial charge in [0.15, 0.2) is 0 Å². The highest BCUT2D eigenvalue weighted by Crippen LogP contribution is 2.27. The van der Waals surface area contributed by atoms with E-state index in [0.29, 0.717) is 0 Å². The van der Waals surface area contributed by atoms with Crippen molar-refractivity contribution in [3.05, 3.63) is 29.3 Å². The molecule has 1 aromatic heterocycles. The van der Waals surface area contributed by atoms with Gasteiger partial charge in [0.1, 0.15) is 5.01 Å². The SMILES string of the molecule is Clc1ccc(-c2nnc(NN3CCOCC3)s2)cc1. The molecule has 0 spiro atoms. The molecule has 1 aromatic carbocycles. The van der Waals surface area contributed by atoms with Gasteiger partial charge < -0.3 is 4.74 Å². The number of hydrogen-bond donors (Lipinski definition) is 1. The van der Waals surface area contributed by atoms with E-state index in [1.807, 2.05) is 24.3 Å². The summed E-state index contributed by atoms with van der Waals surface area (Å²) < 4.78 is 5.30. The standard InChI is InChI=1S/C12H13ClN4OS/c13-10-3-1-9(2-4-10)11-14-15-12(19-11)16-17-5-7-18-8-6-17/h1-4H,5-8H2,(H,15,16). The summed E-state index contributed by atoms with van der Waals surface area (Å²) in [6, 6.07) is 7.60. The van der Waals surface area contributed by atoms with Crippen LogP contribution in [0.3, 0.4) is 0 Å². The van der Waals surface area contributed by atoms with Crippen molar-refractivity contribution in [2.75, 3.05) is 31.7 Å². The summed E-state index contributed by atoms with van der Waals surface area (Å²) >= 11 is 7.40. The zero-order chi connectivity index (χ0) is 13.1. The second kappa shape index (κ2) is 5.83. The highest BCUT2D eigenvalue weighted by Gasteiger charge is 2.13. The lowest BCUT2D eigenvalue weighted by atomic mass is 10.2. The number of benzene rings is 1. The van der Waals surface area contributed by atoms with Crippen LogP contribution < -0.4 is 5.43 Å². The van der Waals surface area contributed by atoms with Gasteiger partial charge in [0.05, 0.1) is 13.2 Å². The van der Waals surface area contributed by atoms with Gasteiger partial charge in [-0.2, -0.15) is 0 Å². The minimum atomic E-state index is 0.722. The van der Waals surface area contributed by atoms with Crippen molar-refractivity contribution in [3.63, 3.8) is 0 Å². The van der Waals surface area contributed by atoms with E-state index in [9.17, 15) is 0 Å². The molecule has 1 N–H and O–H groups in total. The molecule has 0 radical (unpaired) electrons. The average Bonchev–Trinajstić information content (AvgIpc) is 2.89. The largest absolute Gasteiger partial charge is 0.379 e. The Labute approximate surface area is 120 Å². The van der Waals surface area contributed by atoms with Crippen molar-refractivity contribution >= 4 is 28.1 Å². The fraction of sp³-hybridized carbons (Fsp3) is 0.333. The number of morpholine rings is 1. The van der Waals surface area contributed by atoms with Gasteiger partial charge in [-0.05, 0) is 12.1 Å². The van der Waals surface area contributed by atoms with E-state index < -0.39 is 0 Å². The van der Waals surface area contributed by atoms with E-state index in [1.54, 1.807) is 0 Å². The molecule has 0 saturated carbocycles. The third kappa shape index (κ3) is 3.22. The zero-order valence-corrected chi connectivity index (χ0v) is 11.7. The van der Waals surface area contributed by atoms with E-state index in [2.05, 4.69) is 20.6 Å². The van der Waals surface area contributed by atoms with Crippen LogP contribution in [0.5, 0.6) is 0 Å². The Balaban J connectivity index is 1.70. The average molecular weight is 297 g/mol. The Morgan fingerprint density at radius 1 is 1.16 bits per heavy atom. The topological polar surface area (TPSA) is 50.3 Å². The van der Waals surface area contributed by atoms with Gasteiger partial charge >= 0.3 is 0 Å². The maximum atomic E-state index is 5.87. The molecular weight excluding hydrogens is 284 g/mol. The van der Waals surface area contributed by atoms with Crippen LogP contribution in [0.2, 0.25) is 5.02 Å². The van der Waals surface area contributed by atoms with Crippen molar-refractivity contribution in [1.82, 2.24) is 15.2 Å². The lowest BCUT2D eigenvalue weighted by molar-refractivity contribution is 0.0496. The first-order chi connectivity index (χ1) is 9.31. The smallest absolute Gasteiger partial charge is 0.220 e. The minimum absolute atomic E-state index is 0.722. The molecule has 0 unspecified atom stereocenters. The number of nitrogens with zero attached hydrogens (tertiary/aromatic N) is 3. The quantitative estimate of drug-likeness (QED) is 0.943. The van der Waals surface area contributed by atoms with E-state index in [-0.39, 0.29) is 0 Å². The van der Waals surface area contributed by atoms with E-state index in [1.165, 1.54) is 11.3 Å². The van der Waals surface area contributed by atoms with Crippen LogP contribution in [0.25, 0.3) is 10.6 Å². The van der Waals surface area contributed by atoms with Gasteiger partial charge in [0.25, 0.3) is 0 Å². The second-order valence-corrected chi connectivity index (χ2v) is 5.54. The summed E-state index contributed by atoms with van der Waals surface area (Å²) in [5, 5.41) is 12.8. The van der Waals surface area contributed by atoms with Gasteiger partial charge in [0.2, 0.25) is 5.13 Å². The molecule has 3 rings (SSSR count). The van der Waals surface area contributed by atoms with Crippen LogP contribution >= 0.6 is 22.9 Å². The molecule has 7 heteroatoms. The molecule has 1 aliphatic heterocycles. The van der Waals surface area contributed by atoms with Crippen molar-refractivity contribution in [3.8, 4) is 10.6 Å². The maximum Gasteiger partial charge on any atom is 0.220 e. The lowest BCUT2D eigenvalue weighted by Gasteiger charge is -2.26. The number of nitrogens with one attached hydrogen (secondary N) is 1. The van der Waals surface area contributed by atoms with Gasteiger partial charge in [-0.1, -0.05) is 35.1 Å². The molecule has 1 aliphatic rings. The third-order valence-corrected chi connectivity index (χ3v) is 3.91. The number of halogens is 1. The number of rotatable bonds is 3. The number of ether oxygens (including phenoxy) is 1. The Morgan fingerprint density at radius 3 is 2.63 bits per heavy atom. The molecule has 0 atom stereocenters. The van der Waals surface area contributed by atoms with Crippen LogP contribution in [0.1, 0.15) is 0 Å². The Morgan fingerprint density at radius 2 is 1.89 bits per heavy atom. The fourth-order valence-corrected chi connectivity index (χ4v) is 2.69. The first-order valence-corrected chi connectivity index (χ1v) is 7.19. The third-order valence-electron chi connectivity index (χ3n) is 2.78. The van der Waals surface area contributed by atoms with Gasteiger partial charge in [-0.25, -0.2) is 5.01 Å². The van der Waals surface area contributed by atoms with Crippen LogP contribution in [0, 0.1) is 0 Å². The summed E-state index contributed by atoms with van der Waals surface area (Å²) in [6.45, 7) is 3.21. The second-order valence-electron chi connectivity index (χ2n) is 4.13. The summed E-state index contributed by atoms with van der Waals surface area (Å²) in [5.74, 6) is 0. The van der Waals surface area contributed by atoms with Crippen LogP contribution in [-0.2, 0) is 4.74 Å². The van der Waals surface area contributed by atoms with E-state index in [0.717, 1.165) is 47.0 Å². The predicted molar refractivity (Wildman–Crippen MR) is 76.4 cm³/mol. The molecule has 1 saturated heterocycles. The van der Waals surface area contributed by atoms with Crippen molar-refractivity contribution < 1.29 is 4.74 Å². The van der Waals surface area contributed by atoms with E-state index >= 15 is 0 Å². The van der Waals surface area contributed by atoms with Crippen LogP contribution in [0.4, 0.5) is 5.13 Å². The number of hydrazine groups is 1. The first kappa shape index (κ1) is 12.8. The highest BCUT2D eigenvalue weighted by atomic mass is 35.5. The van der Waals surface area contributed by atoms with Crippen molar-refractivity contribution in [2.45, 2.75) is 0 Å². The fourth-order valence-electron chi connectivity index (χ4n) is 1.79. The number of anilines is 1. The van der Waals surface area contributed by atoms with Gasteiger partial charge in [-0.3, -0.25) is 5.43 Å². The molecule has 2 aromatic rings. The maximum absolute atomic E-state index is 5.87. The number of hydrogen-bond acceptors (Lipinski definition) is 6. The Bertz CT molecular complexity index is 539. The van der Waals surface area contributed by atoms with Crippen LogP contribution in [0.15, 0.2) is 24.3 Å².